The van der Waals surface area contributed by atoms with Gasteiger partial charge in [0.2, 0.25) is 0 Å². The second kappa shape index (κ2) is 8.89. The van der Waals surface area contributed by atoms with Crippen LogP contribution in [0, 0.1) is 0 Å². The summed E-state index contributed by atoms with van der Waals surface area (Å²) in [5.41, 5.74) is 3.62. The van der Waals surface area contributed by atoms with Crippen LogP contribution in [-0.2, 0) is 31.5 Å². The van der Waals surface area contributed by atoms with Crippen LogP contribution < -0.4 is 5.32 Å². The van der Waals surface area contributed by atoms with E-state index in [1.807, 2.05) is 26.2 Å². The quantitative estimate of drug-likeness (QED) is 0.606. The van der Waals surface area contributed by atoms with E-state index in [9.17, 15) is 0 Å². The summed E-state index contributed by atoms with van der Waals surface area (Å²) in [6, 6.07) is 10.4. The lowest BCUT2D eigenvalue weighted by Gasteiger charge is -2.23. The molecule has 0 radical (unpaired) electrons. The third-order valence-corrected chi connectivity index (χ3v) is 4.34. The third kappa shape index (κ3) is 4.85. The van der Waals surface area contributed by atoms with Gasteiger partial charge >= 0.3 is 0 Å². The number of benzene rings is 1. The van der Waals surface area contributed by atoms with Crippen LogP contribution in [0.2, 0.25) is 0 Å². The number of guanidine groups is 1. The molecule has 1 heterocycles. The van der Waals surface area contributed by atoms with Gasteiger partial charge in [-0.05, 0) is 33.1 Å². The minimum Gasteiger partial charge on any atom is -0.380 e. The van der Waals surface area contributed by atoms with Gasteiger partial charge in [0.25, 0.3) is 0 Å². The number of nitrogens with zero attached hydrogens (tertiary/aromatic N) is 3. The Kier molecular flexibility index (Phi) is 6.87. The molecule has 5 nitrogen and oxygen atoms in total. The minimum absolute atomic E-state index is 0.615. The zero-order valence-electron chi connectivity index (χ0n) is 14.7. The Bertz CT molecular complexity index is 696. The Balaban J connectivity index is 2.01. The highest BCUT2D eigenvalue weighted by molar-refractivity contribution is 9.10. The number of rotatable bonds is 6. The zero-order chi connectivity index (χ0) is 17.5. The summed E-state index contributed by atoms with van der Waals surface area (Å²) >= 11 is 3.51. The van der Waals surface area contributed by atoms with Crippen LogP contribution in [0.15, 0.2) is 46.0 Å². The second-order valence-electron chi connectivity index (χ2n) is 5.72. The molecule has 0 aliphatic carbocycles. The van der Waals surface area contributed by atoms with Gasteiger partial charge in [-0.25, -0.2) is 0 Å². The molecule has 1 N–H and O–H groups in total. The van der Waals surface area contributed by atoms with E-state index in [0.717, 1.165) is 17.0 Å². The monoisotopic (exact) mass is 392 g/mol. The molecule has 0 aliphatic rings. The van der Waals surface area contributed by atoms with E-state index in [0.29, 0.717) is 13.2 Å². The first-order chi connectivity index (χ1) is 11.5. The van der Waals surface area contributed by atoms with Crippen LogP contribution in [0.3, 0.4) is 0 Å². The lowest BCUT2D eigenvalue weighted by atomic mass is 10.1. The van der Waals surface area contributed by atoms with Gasteiger partial charge in [0, 0.05) is 51.2 Å². The van der Waals surface area contributed by atoms with Crippen molar-refractivity contribution >= 4 is 21.9 Å². The fourth-order valence-electron chi connectivity index (χ4n) is 2.63. The van der Waals surface area contributed by atoms with Crippen LogP contribution >= 0.6 is 15.9 Å². The van der Waals surface area contributed by atoms with E-state index in [2.05, 4.69) is 60.1 Å². The number of methoxy groups -OCH3 is 1. The molecular weight excluding hydrogens is 368 g/mol. The molecule has 0 saturated carbocycles. The van der Waals surface area contributed by atoms with Crippen molar-refractivity contribution in [1.29, 1.82) is 0 Å². The third-order valence-electron chi connectivity index (χ3n) is 3.90. The van der Waals surface area contributed by atoms with Crippen molar-refractivity contribution in [3.63, 3.8) is 0 Å². The average molecular weight is 393 g/mol. The van der Waals surface area contributed by atoms with Gasteiger partial charge in [0.15, 0.2) is 5.96 Å². The SMILES string of the molecule is CN=C(NCc1ccccc1COC)N(C)Cc1cc(Br)cn1C. The Morgan fingerprint density at radius 3 is 2.62 bits per heavy atom. The van der Waals surface area contributed by atoms with Gasteiger partial charge < -0.3 is 19.5 Å². The van der Waals surface area contributed by atoms with E-state index in [4.69, 9.17) is 4.74 Å². The number of nitrogens with one attached hydrogen (secondary N) is 1. The normalized spacial score (nSPS) is 11.6. The number of ether oxygens (including phenoxy) is 1. The molecule has 0 unspecified atom stereocenters. The number of aliphatic imine (C=N–C) groups is 1. The molecule has 0 saturated heterocycles. The van der Waals surface area contributed by atoms with Crippen LogP contribution in [0.1, 0.15) is 16.8 Å². The lowest BCUT2D eigenvalue weighted by Crippen LogP contribution is -2.38. The van der Waals surface area contributed by atoms with Gasteiger partial charge in [-0.2, -0.15) is 0 Å². The van der Waals surface area contributed by atoms with Gasteiger partial charge in [-0.1, -0.05) is 24.3 Å². The van der Waals surface area contributed by atoms with Crippen molar-refractivity contribution in [3.8, 4) is 0 Å². The molecule has 2 aromatic rings. The maximum absolute atomic E-state index is 5.27. The summed E-state index contributed by atoms with van der Waals surface area (Å²) in [6.45, 7) is 2.11. The van der Waals surface area contributed by atoms with Gasteiger partial charge in [0.1, 0.15) is 0 Å². The predicted octanol–water partition coefficient (Wildman–Crippen LogP) is 3.14. The first-order valence-corrected chi connectivity index (χ1v) is 8.62. The summed E-state index contributed by atoms with van der Waals surface area (Å²) in [5.74, 6) is 0.861. The van der Waals surface area contributed by atoms with Crippen molar-refractivity contribution in [1.82, 2.24) is 14.8 Å². The summed E-state index contributed by atoms with van der Waals surface area (Å²) in [6.07, 6.45) is 2.06. The van der Waals surface area contributed by atoms with Crippen LogP contribution in [0.5, 0.6) is 0 Å². The fraction of sp³-hybridized carbons (Fsp3) is 0.389. The molecule has 1 aromatic carbocycles. The Labute approximate surface area is 152 Å². The summed E-state index contributed by atoms with van der Waals surface area (Å²) in [4.78, 5) is 6.50. The molecule has 0 fully saturated rings. The molecule has 0 atom stereocenters. The van der Waals surface area contributed by atoms with Crippen molar-refractivity contribution in [2.24, 2.45) is 12.0 Å². The maximum Gasteiger partial charge on any atom is 0.194 e. The van der Waals surface area contributed by atoms with E-state index in [1.54, 1.807) is 14.2 Å². The predicted molar refractivity (Wildman–Crippen MR) is 102 cm³/mol. The maximum atomic E-state index is 5.27. The minimum atomic E-state index is 0.615. The van der Waals surface area contributed by atoms with Crippen LogP contribution in [0.25, 0.3) is 0 Å². The Hall–Kier alpha value is -1.79. The summed E-state index contributed by atoms with van der Waals surface area (Å²) in [7, 11) is 7.61. The lowest BCUT2D eigenvalue weighted by molar-refractivity contribution is 0.184. The molecule has 0 aliphatic heterocycles. The van der Waals surface area contributed by atoms with Gasteiger partial charge in [-0.15, -0.1) is 0 Å². The Morgan fingerprint density at radius 2 is 2.04 bits per heavy atom. The molecule has 0 bridgehead atoms. The molecule has 130 valence electrons. The van der Waals surface area contributed by atoms with Gasteiger partial charge in [0.05, 0.1) is 13.2 Å². The highest BCUT2D eigenvalue weighted by Gasteiger charge is 2.10. The number of hydrogen-bond acceptors (Lipinski definition) is 2. The fourth-order valence-corrected chi connectivity index (χ4v) is 3.20. The Morgan fingerprint density at radius 1 is 1.33 bits per heavy atom. The van der Waals surface area contributed by atoms with Gasteiger partial charge in [-0.3, -0.25) is 4.99 Å². The molecule has 24 heavy (non-hydrogen) atoms. The largest absolute Gasteiger partial charge is 0.380 e. The number of halogens is 1. The number of hydrogen-bond donors (Lipinski definition) is 1. The molecule has 1 aromatic heterocycles. The first kappa shape index (κ1) is 18.5. The summed E-state index contributed by atoms with van der Waals surface area (Å²) < 4.78 is 8.47. The van der Waals surface area contributed by atoms with Crippen molar-refractivity contribution in [3.05, 3.63) is 57.8 Å². The topological polar surface area (TPSA) is 41.8 Å². The van der Waals surface area contributed by atoms with E-state index < -0.39 is 0 Å². The average Bonchev–Trinajstić information content (AvgIpc) is 2.87. The molecule has 0 amide bonds. The first-order valence-electron chi connectivity index (χ1n) is 7.83. The number of aryl methyl sites for hydroxylation is 1. The smallest absolute Gasteiger partial charge is 0.194 e. The number of aromatic nitrogens is 1. The molecule has 0 spiro atoms. The van der Waals surface area contributed by atoms with E-state index >= 15 is 0 Å². The standard InChI is InChI=1S/C18H25BrN4O/c1-20-18(23(3)12-17-9-16(19)11-22(17)2)21-10-14-7-5-6-8-15(14)13-24-4/h5-9,11H,10,12-13H2,1-4H3,(H,20,21). The molecule has 2 rings (SSSR count). The van der Waals surface area contributed by atoms with Crippen molar-refractivity contribution in [2.45, 2.75) is 19.7 Å². The zero-order valence-corrected chi connectivity index (χ0v) is 16.3. The highest BCUT2D eigenvalue weighted by atomic mass is 79.9. The van der Waals surface area contributed by atoms with Crippen molar-refractivity contribution < 1.29 is 4.74 Å². The van der Waals surface area contributed by atoms with Crippen LogP contribution in [-0.4, -0.2) is 36.6 Å². The van der Waals surface area contributed by atoms with E-state index in [1.165, 1.54) is 16.8 Å². The summed E-state index contributed by atoms with van der Waals surface area (Å²) in [5, 5.41) is 3.43. The van der Waals surface area contributed by atoms with E-state index in [-0.39, 0.29) is 0 Å². The molecular formula is C18H25BrN4O. The van der Waals surface area contributed by atoms with Crippen molar-refractivity contribution in [2.75, 3.05) is 21.2 Å². The van der Waals surface area contributed by atoms with Crippen LogP contribution in [0.4, 0.5) is 0 Å². The second-order valence-corrected chi connectivity index (χ2v) is 6.63. The highest BCUT2D eigenvalue weighted by Crippen LogP contribution is 2.15. The molecule has 6 heteroatoms.